The summed E-state index contributed by atoms with van der Waals surface area (Å²) in [4.78, 5) is 38.0. The fraction of sp³-hybridized carbons (Fsp3) is 0.946. The highest BCUT2D eigenvalue weighted by Crippen LogP contribution is 2.18. The highest BCUT2D eigenvalue weighted by atomic mass is 16.6. The maximum Gasteiger partial charge on any atom is 0.306 e. The van der Waals surface area contributed by atoms with E-state index in [1.54, 1.807) is 0 Å². The van der Waals surface area contributed by atoms with Crippen LogP contribution < -0.4 is 0 Å². The first-order valence-corrected chi connectivity index (χ1v) is 27.7. The van der Waals surface area contributed by atoms with Crippen LogP contribution in [-0.2, 0) is 28.6 Å². The molecule has 0 N–H and O–H groups in total. The molecule has 6 nitrogen and oxygen atoms in total. The van der Waals surface area contributed by atoms with Gasteiger partial charge >= 0.3 is 17.9 Å². The Morgan fingerprint density at radius 1 is 0.306 bits per heavy atom. The molecule has 6 heteroatoms. The molecule has 0 saturated heterocycles. The SMILES string of the molecule is CCCCCCCCCCCCC(=O)O[C@H](COC(=O)CCCCCCCCCCCCCCCCCCCCC(C)C)COC(=O)CCCCCCCCCCCCC(C)C. The Morgan fingerprint density at radius 2 is 0.532 bits per heavy atom. The normalized spacial score (nSPS) is 12.0. The van der Waals surface area contributed by atoms with Crippen LogP contribution in [0.3, 0.4) is 0 Å². The van der Waals surface area contributed by atoms with Crippen molar-refractivity contribution in [2.75, 3.05) is 13.2 Å². The van der Waals surface area contributed by atoms with Crippen LogP contribution in [0.15, 0.2) is 0 Å². The Balaban J connectivity index is 4.18. The Labute approximate surface area is 387 Å². The minimum Gasteiger partial charge on any atom is -0.462 e. The van der Waals surface area contributed by atoms with E-state index in [0.717, 1.165) is 69.6 Å². The topological polar surface area (TPSA) is 78.9 Å². The summed E-state index contributed by atoms with van der Waals surface area (Å²) in [5.74, 6) is 0.832. The van der Waals surface area contributed by atoms with Crippen molar-refractivity contribution >= 4 is 17.9 Å². The van der Waals surface area contributed by atoms with Crippen molar-refractivity contribution in [3.63, 3.8) is 0 Å². The number of carbonyl (C=O) groups is 3. The largest absolute Gasteiger partial charge is 0.462 e. The number of ether oxygens (including phenoxy) is 3. The summed E-state index contributed by atoms with van der Waals surface area (Å²) in [7, 11) is 0. The molecular weight excluding hydrogens is 769 g/mol. The Bertz CT molecular complexity index is 947. The van der Waals surface area contributed by atoms with E-state index in [1.165, 1.54) is 199 Å². The molecule has 0 aromatic carbocycles. The molecule has 0 fully saturated rings. The van der Waals surface area contributed by atoms with Gasteiger partial charge in [-0.25, -0.2) is 0 Å². The lowest BCUT2D eigenvalue weighted by atomic mass is 10.0. The Kier molecular flexibility index (Phi) is 47.6. The monoisotopic (exact) mass is 877 g/mol. The van der Waals surface area contributed by atoms with Crippen LogP contribution in [0.1, 0.15) is 311 Å². The van der Waals surface area contributed by atoms with Crippen molar-refractivity contribution in [2.45, 2.75) is 317 Å². The first-order valence-electron chi connectivity index (χ1n) is 27.7. The summed E-state index contributed by atoms with van der Waals surface area (Å²) in [6.45, 7) is 11.4. The Hall–Kier alpha value is -1.59. The van der Waals surface area contributed by atoms with E-state index in [2.05, 4.69) is 34.6 Å². The molecule has 62 heavy (non-hydrogen) atoms. The molecule has 0 aliphatic heterocycles. The van der Waals surface area contributed by atoms with Crippen molar-refractivity contribution in [1.82, 2.24) is 0 Å². The van der Waals surface area contributed by atoms with Crippen LogP contribution in [0.2, 0.25) is 0 Å². The molecule has 1 atom stereocenters. The molecular formula is C56H108O6. The molecule has 0 amide bonds. The molecule has 0 bridgehead atoms. The van der Waals surface area contributed by atoms with Gasteiger partial charge in [-0.2, -0.15) is 0 Å². The minimum absolute atomic E-state index is 0.0632. The van der Waals surface area contributed by atoms with Crippen LogP contribution in [0.25, 0.3) is 0 Å². The van der Waals surface area contributed by atoms with E-state index >= 15 is 0 Å². The highest BCUT2D eigenvalue weighted by molar-refractivity contribution is 5.71. The van der Waals surface area contributed by atoms with Gasteiger partial charge in [0, 0.05) is 19.3 Å². The van der Waals surface area contributed by atoms with Crippen LogP contribution in [-0.4, -0.2) is 37.2 Å². The number of hydrogen-bond donors (Lipinski definition) is 0. The second kappa shape index (κ2) is 48.9. The summed E-state index contributed by atoms with van der Waals surface area (Å²) < 4.78 is 16.8. The smallest absolute Gasteiger partial charge is 0.306 e. The maximum absolute atomic E-state index is 12.8. The van der Waals surface area contributed by atoms with Crippen molar-refractivity contribution in [3.8, 4) is 0 Å². The van der Waals surface area contributed by atoms with E-state index in [-0.39, 0.29) is 31.1 Å². The van der Waals surface area contributed by atoms with Gasteiger partial charge in [-0.05, 0) is 31.1 Å². The molecule has 0 aromatic heterocycles. The molecule has 0 aromatic rings. The molecule has 0 heterocycles. The number of unbranched alkanes of at least 4 members (excludes halogenated alkanes) is 35. The number of hydrogen-bond acceptors (Lipinski definition) is 6. The third-order valence-corrected chi connectivity index (χ3v) is 12.7. The lowest BCUT2D eigenvalue weighted by Crippen LogP contribution is -2.30. The zero-order chi connectivity index (χ0) is 45.4. The average molecular weight is 877 g/mol. The van der Waals surface area contributed by atoms with Gasteiger partial charge in [0.15, 0.2) is 6.10 Å². The van der Waals surface area contributed by atoms with Gasteiger partial charge < -0.3 is 14.2 Å². The zero-order valence-corrected chi connectivity index (χ0v) is 42.5. The van der Waals surface area contributed by atoms with Gasteiger partial charge in [0.2, 0.25) is 0 Å². The second-order valence-corrected chi connectivity index (χ2v) is 20.2. The van der Waals surface area contributed by atoms with Gasteiger partial charge in [0.25, 0.3) is 0 Å². The van der Waals surface area contributed by atoms with Crippen molar-refractivity contribution in [1.29, 1.82) is 0 Å². The first-order chi connectivity index (χ1) is 30.2. The quantitative estimate of drug-likeness (QED) is 0.0344. The number of esters is 3. The summed E-state index contributed by atoms with van der Waals surface area (Å²) in [5.41, 5.74) is 0. The van der Waals surface area contributed by atoms with Gasteiger partial charge in [-0.3, -0.25) is 14.4 Å². The summed E-state index contributed by atoms with van der Waals surface area (Å²) >= 11 is 0. The minimum atomic E-state index is -0.761. The predicted molar refractivity (Wildman–Crippen MR) is 266 cm³/mol. The molecule has 368 valence electrons. The molecule has 0 aliphatic rings. The average Bonchev–Trinajstić information content (AvgIpc) is 3.24. The maximum atomic E-state index is 12.8. The fourth-order valence-corrected chi connectivity index (χ4v) is 8.52. The summed E-state index contributed by atoms with van der Waals surface area (Å²) in [6.07, 6.45) is 51.0. The van der Waals surface area contributed by atoms with Crippen molar-refractivity contribution in [2.24, 2.45) is 11.8 Å². The van der Waals surface area contributed by atoms with Crippen molar-refractivity contribution < 1.29 is 28.6 Å². The first kappa shape index (κ1) is 60.4. The third-order valence-electron chi connectivity index (χ3n) is 12.7. The van der Waals surface area contributed by atoms with Crippen LogP contribution in [0.5, 0.6) is 0 Å². The Morgan fingerprint density at radius 3 is 0.790 bits per heavy atom. The number of carbonyl (C=O) groups excluding carboxylic acids is 3. The third kappa shape index (κ3) is 49.4. The van der Waals surface area contributed by atoms with E-state index in [1.807, 2.05) is 0 Å². The summed E-state index contributed by atoms with van der Waals surface area (Å²) in [5, 5.41) is 0. The van der Waals surface area contributed by atoms with Gasteiger partial charge in [-0.15, -0.1) is 0 Å². The second-order valence-electron chi connectivity index (χ2n) is 20.2. The fourth-order valence-electron chi connectivity index (χ4n) is 8.52. The predicted octanol–water partition coefficient (Wildman–Crippen LogP) is 18.1. The van der Waals surface area contributed by atoms with E-state index < -0.39 is 6.10 Å². The van der Waals surface area contributed by atoms with Gasteiger partial charge in [0.05, 0.1) is 0 Å². The number of rotatable bonds is 50. The molecule has 0 spiro atoms. The standard InChI is InChI=1S/C56H108O6/c1-6-7-8-9-10-11-26-33-38-43-48-56(59)62-53(50-61-55(58)47-42-37-32-28-23-22-25-30-35-40-45-52(4)5)49-60-54(57)46-41-36-31-27-21-19-17-15-13-12-14-16-18-20-24-29-34-39-44-51(2)3/h51-53H,6-50H2,1-5H3/t53-/m1/s1. The van der Waals surface area contributed by atoms with Gasteiger partial charge in [0.1, 0.15) is 13.2 Å². The zero-order valence-electron chi connectivity index (χ0n) is 42.5. The molecule has 0 rings (SSSR count). The lowest BCUT2D eigenvalue weighted by Gasteiger charge is -2.18. The van der Waals surface area contributed by atoms with Gasteiger partial charge in [-0.1, -0.05) is 272 Å². The van der Waals surface area contributed by atoms with Crippen molar-refractivity contribution in [3.05, 3.63) is 0 Å². The van der Waals surface area contributed by atoms with Crippen LogP contribution in [0.4, 0.5) is 0 Å². The molecule has 0 radical (unpaired) electrons. The summed E-state index contributed by atoms with van der Waals surface area (Å²) in [6, 6.07) is 0. The highest BCUT2D eigenvalue weighted by Gasteiger charge is 2.19. The molecule has 0 saturated carbocycles. The lowest BCUT2D eigenvalue weighted by molar-refractivity contribution is -0.167. The van der Waals surface area contributed by atoms with E-state index in [4.69, 9.17) is 14.2 Å². The van der Waals surface area contributed by atoms with Crippen LogP contribution >= 0.6 is 0 Å². The van der Waals surface area contributed by atoms with Crippen LogP contribution in [0, 0.1) is 11.8 Å². The van der Waals surface area contributed by atoms with E-state index in [9.17, 15) is 14.4 Å². The van der Waals surface area contributed by atoms with E-state index in [0.29, 0.717) is 19.3 Å². The molecule has 0 aliphatic carbocycles. The molecule has 0 unspecified atom stereocenters.